The van der Waals surface area contributed by atoms with Crippen LogP contribution >= 0.6 is 0 Å². The molecule has 0 aromatic heterocycles. The number of Topliss-reactive ketones (excluding diaryl/α,β-unsaturated/α-hetero) is 1. The molecule has 0 saturated heterocycles. The predicted molar refractivity (Wildman–Crippen MR) is 68.5 cm³/mol. The molecule has 0 amide bonds. The number of carboxylic acid groups (broad SMARTS) is 2. The highest BCUT2D eigenvalue weighted by Crippen LogP contribution is 2.14. The second kappa shape index (κ2) is 5.95. The van der Waals surface area contributed by atoms with E-state index in [0.29, 0.717) is 17.6 Å². The van der Waals surface area contributed by atoms with E-state index in [0.717, 1.165) is 0 Å². The summed E-state index contributed by atoms with van der Waals surface area (Å²) in [5.74, 6) is -2.69. The van der Waals surface area contributed by atoms with Crippen molar-refractivity contribution in [3.05, 3.63) is 47.0 Å². The molecule has 0 radical (unpaired) electrons. The van der Waals surface area contributed by atoms with Gasteiger partial charge in [0.15, 0.2) is 5.78 Å². The van der Waals surface area contributed by atoms with Crippen LogP contribution in [0.15, 0.2) is 30.4 Å². The van der Waals surface area contributed by atoms with Gasteiger partial charge in [0.2, 0.25) is 0 Å². The van der Waals surface area contributed by atoms with Crippen molar-refractivity contribution in [1.82, 2.24) is 0 Å². The molecule has 0 aliphatic rings. The van der Waals surface area contributed by atoms with Crippen LogP contribution in [0.4, 0.5) is 0 Å². The van der Waals surface area contributed by atoms with Gasteiger partial charge in [-0.05, 0) is 36.6 Å². The maximum Gasteiger partial charge on any atom is 0.336 e. The molecule has 0 heterocycles. The maximum absolute atomic E-state index is 11.4. The number of allylic oxidation sites excluding steroid dienone is 1. The number of carbonyl (C=O) groups excluding carboxylic acids is 1. The zero-order valence-electron chi connectivity index (χ0n) is 10.5. The quantitative estimate of drug-likeness (QED) is 0.766. The SMILES string of the molecule is C=C(C)C(=O)CCc1ccc(C(=O)O)c(C(=O)O)c1. The molecule has 1 aromatic carbocycles. The van der Waals surface area contributed by atoms with E-state index in [9.17, 15) is 14.4 Å². The Morgan fingerprint density at radius 3 is 2.16 bits per heavy atom. The van der Waals surface area contributed by atoms with Crippen molar-refractivity contribution in [3.8, 4) is 0 Å². The number of aromatic carboxylic acids is 2. The molecule has 0 atom stereocenters. The Morgan fingerprint density at radius 1 is 1.11 bits per heavy atom. The van der Waals surface area contributed by atoms with Crippen molar-refractivity contribution >= 4 is 17.7 Å². The van der Waals surface area contributed by atoms with Crippen molar-refractivity contribution < 1.29 is 24.6 Å². The summed E-state index contributed by atoms with van der Waals surface area (Å²) in [6.45, 7) is 5.14. The Hall–Kier alpha value is -2.43. The summed E-state index contributed by atoms with van der Waals surface area (Å²) in [6, 6.07) is 4.05. The molecule has 0 aliphatic heterocycles. The van der Waals surface area contributed by atoms with Gasteiger partial charge in [-0.2, -0.15) is 0 Å². The highest BCUT2D eigenvalue weighted by atomic mass is 16.4. The largest absolute Gasteiger partial charge is 0.478 e. The smallest absolute Gasteiger partial charge is 0.336 e. The van der Waals surface area contributed by atoms with Crippen LogP contribution in [0, 0.1) is 0 Å². The summed E-state index contributed by atoms with van der Waals surface area (Å²) in [5, 5.41) is 17.8. The molecule has 0 bridgehead atoms. The molecule has 0 unspecified atom stereocenters. The van der Waals surface area contributed by atoms with E-state index in [2.05, 4.69) is 6.58 Å². The Labute approximate surface area is 110 Å². The number of ketones is 1. The molecule has 1 rings (SSSR count). The molecule has 0 aliphatic carbocycles. The van der Waals surface area contributed by atoms with Gasteiger partial charge >= 0.3 is 11.9 Å². The zero-order chi connectivity index (χ0) is 14.6. The minimum absolute atomic E-state index is 0.0980. The van der Waals surface area contributed by atoms with Crippen molar-refractivity contribution in [3.63, 3.8) is 0 Å². The molecule has 19 heavy (non-hydrogen) atoms. The fourth-order valence-electron chi connectivity index (χ4n) is 1.58. The fraction of sp³-hybridized carbons (Fsp3) is 0.214. The Bertz CT molecular complexity index is 557. The van der Waals surface area contributed by atoms with Gasteiger partial charge in [0.1, 0.15) is 0 Å². The fourth-order valence-corrected chi connectivity index (χ4v) is 1.58. The number of benzene rings is 1. The maximum atomic E-state index is 11.4. The number of carbonyl (C=O) groups is 3. The number of hydrogen-bond donors (Lipinski definition) is 2. The first-order valence-electron chi connectivity index (χ1n) is 5.61. The molecule has 0 fully saturated rings. The van der Waals surface area contributed by atoms with Crippen molar-refractivity contribution in [1.29, 1.82) is 0 Å². The summed E-state index contributed by atoms with van der Waals surface area (Å²) < 4.78 is 0. The number of hydrogen-bond acceptors (Lipinski definition) is 3. The number of carboxylic acids is 2. The lowest BCUT2D eigenvalue weighted by Crippen LogP contribution is -2.09. The van der Waals surface area contributed by atoms with Crippen LogP contribution in [0.5, 0.6) is 0 Å². The first kappa shape index (κ1) is 14.6. The number of aryl methyl sites for hydroxylation is 1. The third-order valence-corrected chi connectivity index (χ3v) is 2.66. The van der Waals surface area contributed by atoms with Crippen LogP contribution in [0.3, 0.4) is 0 Å². The van der Waals surface area contributed by atoms with E-state index in [-0.39, 0.29) is 23.3 Å². The average molecular weight is 262 g/mol. The summed E-state index contributed by atoms with van der Waals surface area (Å²) in [7, 11) is 0. The van der Waals surface area contributed by atoms with Crippen LogP contribution in [0.2, 0.25) is 0 Å². The summed E-state index contributed by atoms with van der Waals surface area (Å²) in [6.07, 6.45) is 0.576. The third-order valence-electron chi connectivity index (χ3n) is 2.66. The molecule has 5 nitrogen and oxygen atoms in total. The Balaban J connectivity index is 2.96. The summed E-state index contributed by atoms with van der Waals surface area (Å²) in [4.78, 5) is 33.2. The van der Waals surface area contributed by atoms with Crippen molar-refractivity contribution in [2.45, 2.75) is 19.8 Å². The highest BCUT2D eigenvalue weighted by molar-refractivity contribution is 6.01. The van der Waals surface area contributed by atoms with Crippen LogP contribution in [0.1, 0.15) is 39.6 Å². The minimum Gasteiger partial charge on any atom is -0.478 e. The lowest BCUT2D eigenvalue weighted by Gasteiger charge is -2.05. The molecular formula is C14H14O5. The zero-order valence-corrected chi connectivity index (χ0v) is 10.5. The van der Waals surface area contributed by atoms with Gasteiger partial charge in [-0.25, -0.2) is 9.59 Å². The Kier molecular flexibility index (Phi) is 4.58. The van der Waals surface area contributed by atoms with E-state index >= 15 is 0 Å². The van der Waals surface area contributed by atoms with Crippen LogP contribution in [0.25, 0.3) is 0 Å². The van der Waals surface area contributed by atoms with Gasteiger partial charge in [0.05, 0.1) is 11.1 Å². The lowest BCUT2D eigenvalue weighted by molar-refractivity contribution is -0.115. The van der Waals surface area contributed by atoms with Crippen LogP contribution in [-0.4, -0.2) is 27.9 Å². The molecular weight excluding hydrogens is 248 g/mol. The second-order valence-electron chi connectivity index (χ2n) is 4.19. The van der Waals surface area contributed by atoms with Gasteiger partial charge in [0, 0.05) is 6.42 Å². The molecule has 100 valence electrons. The van der Waals surface area contributed by atoms with E-state index in [1.165, 1.54) is 18.2 Å². The molecule has 0 saturated carbocycles. The van der Waals surface area contributed by atoms with Crippen molar-refractivity contribution in [2.75, 3.05) is 0 Å². The number of rotatable bonds is 6. The van der Waals surface area contributed by atoms with Gasteiger partial charge in [-0.3, -0.25) is 4.79 Å². The first-order chi connectivity index (χ1) is 8.82. The standard InChI is InChI=1S/C14H14O5/c1-8(2)12(15)6-4-9-3-5-10(13(16)17)11(7-9)14(18)19/h3,5,7H,1,4,6H2,2H3,(H,16,17)(H,18,19). The average Bonchev–Trinajstić information content (AvgIpc) is 2.35. The second-order valence-corrected chi connectivity index (χ2v) is 4.19. The van der Waals surface area contributed by atoms with E-state index in [1.54, 1.807) is 6.92 Å². The monoisotopic (exact) mass is 262 g/mol. The Morgan fingerprint density at radius 2 is 1.68 bits per heavy atom. The predicted octanol–water partition coefficient (Wildman–Crippen LogP) is 2.16. The summed E-state index contributed by atoms with van der Waals surface area (Å²) >= 11 is 0. The van der Waals surface area contributed by atoms with E-state index in [1.807, 2.05) is 0 Å². The minimum atomic E-state index is -1.30. The van der Waals surface area contributed by atoms with E-state index < -0.39 is 11.9 Å². The topological polar surface area (TPSA) is 91.7 Å². The molecule has 1 aromatic rings. The molecule has 5 heteroatoms. The summed E-state index contributed by atoms with van der Waals surface area (Å²) in [5.41, 5.74) is 0.521. The van der Waals surface area contributed by atoms with Crippen molar-refractivity contribution in [2.24, 2.45) is 0 Å². The third kappa shape index (κ3) is 3.77. The first-order valence-corrected chi connectivity index (χ1v) is 5.61. The normalized spacial score (nSPS) is 9.95. The molecule has 0 spiro atoms. The van der Waals surface area contributed by atoms with Gasteiger partial charge in [-0.15, -0.1) is 0 Å². The van der Waals surface area contributed by atoms with Crippen LogP contribution in [-0.2, 0) is 11.2 Å². The highest BCUT2D eigenvalue weighted by Gasteiger charge is 2.16. The van der Waals surface area contributed by atoms with E-state index in [4.69, 9.17) is 10.2 Å². The van der Waals surface area contributed by atoms with Crippen LogP contribution < -0.4 is 0 Å². The van der Waals surface area contributed by atoms with Gasteiger partial charge in [-0.1, -0.05) is 12.6 Å². The van der Waals surface area contributed by atoms with Gasteiger partial charge in [0.25, 0.3) is 0 Å². The lowest BCUT2D eigenvalue weighted by atomic mass is 9.99. The van der Waals surface area contributed by atoms with Gasteiger partial charge < -0.3 is 10.2 Å². The molecule has 2 N–H and O–H groups in total.